The van der Waals surface area contributed by atoms with Crippen molar-refractivity contribution in [3.8, 4) is 18.2 Å². The number of aryl methyl sites for hydroxylation is 5. The van der Waals surface area contributed by atoms with E-state index in [0.717, 1.165) is 96.3 Å². The van der Waals surface area contributed by atoms with Crippen molar-refractivity contribution >= 4 is 27.9 Å². The average molecular weight is 784 g/mol. The number of rotatable bonds is 14. The van der Waals surface area contributed by atoms with E-state index >= 15 is 0 Å². The van der Waals surface area contributed by atoms with E-state index in [-0.39, 0.29) is 0 Å². The predicted molar refractivity (Wildman–Crippen MR) is 255 cm³/mol. The van der Waals surface area contributed by atoms with E-state index in [1.54, 1.807) is 0 Å². The second-order valence-electron chi connectivity index (χ2n) is 16.7. The van der Waals surface area contributed by atoms with Crippen LogP contribution in [0, 0.1) is 89.4 Å². The lowest BCUT2D eigenvalue weighted by molar-refractivity contribution is 1.16. The van der Waals surface area contributed by atoms with Crippen LogP contribution in [-0.4, -0.2) is 0 Å². The van der Waals surface area contributed by atoms with E-state index in [4.69, 9.17) is 0 Å². The first kappa shape index (κ1) is 44.4. The minimum Gasteiger partial charge on any atom is -0.192 e. The molecule has 0 aliphatic heterocycles. The molecule has 0 amide bonds. The van der Waals surface area contributed by atoms with Gasteiger partial charge >= 0.3 is 0 Å². The van der Waals surface area contributed by atoms with Crippen LogP contribution < -0.4 is 0 Å². The summed E-state index contributed by atoms with van der Waals surface area (Å²) in [6.45, 7) is 41.0. The van der Waals surface area contributed by atoms with Gasteiger partial charge in [0.2, 0.25) is 0 Å². The minimum absolute atomic E-state index is 0.466. The van der Waals surface area contributed by atoms with Gasteiger partial charge in [-0.3, -0.25) is 0 Å². The molecule has 60 heavy (non-hydrogen) atoms. The fourth-order valence-corrected chi connectivity index (χ4v) is 8.10. The van der Waals surface area contributed by atoms with Crippen molar-refractivity contribution in [1.29, 1.82) is 15.8 Å². The topological polar surface area (TPSA) is 71.4 Å². The highest BCUT2D eigenvalue weighted by Crippen LogP contribution is 2.34. The molecule has 0 bridgehead atoms. The third-order valence-corrected chi connectivity index (χ3v) is 12.5. The fraction of sp³-hybridized carbons (Fsp3) is 0.246. The van der Waals surface area contributed by atoms with Gasteiger partial charge in [-0.2, -0.15) is 15.8 Å². The van der Waals surface area contributed by atoms with Gasteiger partial charge in [0, 0.05) is 0 Å². The third-order valence-electron chi connectivity index (χ3n) is 12.5. The van der Waals surface area contributed by atoms with Crippen molar-refractivity contribution in [3.63, 3.8) is 0 Å². The molecule has 5 aromatic rings. The molecule has 0 saturated carbocycles. The summed E-state index contributed by atoms with van der Waals surface area (Å²) in [5.74, 6) is 0. The van der Waals surface area contributed by atoms with Crippen molar-refractivity contribution in [2.45, 2.75) is 94.4 Å². The molecule has 5 rings (SSSR count). The summed E-state index contributed by atoms with van der Waals surface area (Å²) >= 11 is 0. The van der Waals surface area contributed by atoms with Gasteiger partial charge in [0.25, 0.3) is 0 Å². The molecule has 0 aromatic heterocycles. The highest BCUT2D eigenvalue weighted by molar-refractivity contribution is 5.76. The van der Waals surface area contributed by atoms with Crippen molar-refractivity contribution in [2.24, 2.45) is 0 Å². The molecule has 3 nitrogen and oxygen atoms in total. The summed E-state index contributed by atoms with van der Waals surface area (Å²) in [6, 6.07) is 28.3. The number of nitrogens with zero attached hydrogens (tertiary/aromatic N) is 3. The van der Waals surface area contributed by atoms with E-state index in [9.17, 15) is 15.8 Å². The normalized spacial score (nSPS) is 10.7. The number of benzene rings is 5. The summed E-state index contributed by atoms with van der Waals surface area (Å²) < 4.78 is 0. The van der Waals surface area contributed by atoms with Crippen LogP contribution in [0.25, 0.3) is 27.9 Å². The van der Waals surface area contributed by atoms with E-state index in [1.165, 1.54) is 38.9 Å². The largest absolute Gasteiger partial charge is 0.192 e. The molecule has 0 radical (unpaired) electrons. The average Bonchev–Trinajstić information content (AvgIpc) is 3.21. The number of hydrogen-bond donors (Lipinski definition) is 0. The van der Waals surface area contributed by atoms with Crippen LogP contribution >= 0.6 is 0 Å². The summed E-state index contributed by atoms with van der Waals surface area (Å²) in [4.78, 5) is 0. The SMILES string of the molecule is C=C(CC)c1cc(C)c(C#N)c(CC(=C)c2cc(C#N)c(C)c(CC(=C)c3cc(C)c(C#N)c(CC(=C)c4cc(C)c(C)c(CC(=C)c5cc(C)c(C)c(C)c5)c4)c3)c2)c1. The minimum atomic E-state index is 0.466. The van der Waals surface area contributed by atoms with Crippen LogP contribution in [0.1, 0.15) is 125 Å². The van der Waals surface area contributed by atoms with E-state index in [0.29, 0.717) is 36.0 Å². The molecule has 0 heterocycles. The Morgan fingerprint density at radius 1 is 0.383 bits per heavy atom. The summed E-state index contributed by atoms with van der Waals surface area (Å²) in [6.07, 6.45) is 3.03. The van der Waals surface area contributed by atoms with Gasteiger partial charge in [0.1, 0.15) is 0 Å². The molecule has 0 spiro atoms. The first-order chi connectivity index (χ1) is 28.4. The van der Waals surface area contributed by atoms with E-state index < -0.39 is 0 Å². The number of nitriles is 3. The maximum atomic E-state index is 10.3. The smallest absolute Gasteiger partial charge is 0.0997 e. The predicted octanol–water partition coefficient (Wildman–Crippen LogP) is 14.2. The second kappa shape index (κ2) is 18.5. The van der Waals surface area contributed by atoms with Gasteiger partial charge in [-0.25, -0.2) is 0 Å². The van der Waals surface area contributed by atoms with Crippen molar-refractivity contribution < 1.29 is 0 Å². The van der Waals surface area contributed by atoms with Crippen LogP contribution in [0.15, 0.2) is 93.6 Å². The lowest BCUT2D eigenvalue weighted by atomic mass is 9.85. The lowest BCUT2D eigenvalue weighted by Crippen LogP contribution is -2.03. The summed E-state index contributed by atoms with van der Waals surface area (Å²) in [5, 5.41) is 30.6. The third kappa shape index (κ3) is 9.42. The van der Waals surface area contributed by atoms with Gasteiger partial charge in [-0.05, 0) is 228 Å². The van der Waals surface area contributed by atoms with Crippen molar-refractivity contribution in [1.82, 2.24) is 0 Å². The maximum absolute atomic E-state index is 10.3. The zero-order chi connectivity index (χ0) is 44.2. The Labute approximate surface area is 359 Å². The van der Waals surface area contributed by atoms with Crippen LogP contribution in [0.4, 0.5) is 0 Å². The van der Waals surface area contributed by atoms with Crippen molar-refractivity contribution in [2.75, 3.05) is 0 Å². The molecular formula is C57H57N3. The molecule has 300 valence electrons. The highest BCUT2D eigenvalue weighted by atomic mass is 14.3. The molecule has 0 aliphatic carbocycles. The maximum Gasteiger partial charge on any atom is 0.0997 e. The Morgan fingerprint density at radius 2 is 0.700 bits per heavy atom. The zero-order valence-electron chi connectivity index (χ0n) is 37.2. The van der Waals surface area contributed by atoms with Gasteiger partial charge in [-0.15, -0.1) is 0 Å². The van der Waals surface area contributed by atoms with Gasteiger partial charge in [0.15, 0.2) is 0 Å². The molecule has 5 aromatic carbocycles. The van der Waals surface area contributed by atoms with E-state index in [1.807, 2.05) is 45.0 Å². The zero-order valence-corrected chi connectivity index (χ0v) is 37.2. The van der Waals surface area contributed by atoms with Crippen LogP contribution in [0.2, 0.25) is 0 Å². The molecule has 0 unspecified atom stereocenters. The quantitative estimate of drug-likeness (QED) is 0.113. The van der Waals surface area contributed by atoms with Gasteiger partial charge in [0.05, 0.1) is 34.9 Å². The Balaban J connectivity index is 1.43. The Bertz CT molecular complexity index is 2760. The second-order valence-corrected chi connectivity index (χ2v) is 16.7. The molecule has 0 atom stereocenters. The van der Waals surface area contributed by atoms with Gasteiger partial charge < -0.3 is 0 Å². The Morgan fingerprint density at radius 3 is 1.10 bits per heavy atom. The van der Waals surface area contributed by atoms with E-state index in [2.05, 4.69) is 129 Å². The molecule has 0 saturated heterocycles. The fourth-order valence-electron chi connectivity index (χ4n) is 8.10. The van der Waals surface area contributed by atoms with Crippen LogP contribution in [-0.2, 0) is 25.7 Å². The molecule has 3 heteroatoms. The standard InChI is InChI=1S/C57H57N3/c1-15-33(2)47-23-41(10)56(31-59)53(27-47)22-40(9)50-26-52(45(14)55(29-50)30-58)20-38(7)49-24-42(11)57(32-60)54(28-49)21-39(8)48-18-36(5)44(13)51(25-48)19-37(6)46-16-34(3)43(12)35(4)17-46/h16-18,23-29H,2,6-9,15,19-22H2,1,3-5,10-14H3. The molecular weight excluding hydrogens is 727 g/mol. The van der Waals surface area contributed by atoms with Crippen molar-refractivity contribution in [3.05, 3.63) is 205 Å². The summed E-state index contributed by atoms with van der Waals surface area (Å²) in [7, 11) is 0. The first-order valence-electron chi connectivity index (χ1n) is 20.6. The molecule has 0 N–H and O–H groups in total. The lowest BCUT2D eigenvalue weighted by Gasteiger charge is -2.18. The molecule has 0 fully saturated rings. The van der Waals surface area contributed by atoms with Gasteiger partial charge in [-0.1, -0.05) is 82.3 Å². The number of allylic oxidation sites excluding steroid dienone is 5. The monoisotopic (exact) mass is 783 g/mol. The highest BCUT2D eigenvalue weighted by Gasteiger charge is 2.18. The van der Waals surface area contributed by atoms with Crippen LogP contribution in [0.3, 0.4) is 0 Å². The Kier molecular flexibility index (Phi) is 13.7. The summed E-state index contributed by atoms with van der Waals surface area (Å²) in [5.41, 5.74) is 24.7. The molecule has 0 aliphatic rings. The first-order valence-corrected chi connectivity index (χ1v) is 20.6. The number of hydrogen-bond acceptors (Lipinski definition) is 3. The van der Waals surface area contributed by atoms with Crippen LogP contribution in [0.5, 0.6) is 0 Å². The Hall–Kier alpha value is -6.73.